The number of nitrogens with one attached hydrogen (secondary N) is 4. The Kier molecular flexibility index (Phi) is 8.01. The summed E-state index contributed by atoms with van der Waals surface area (Å²) in [6.07, 6.45) is 0.0816. The van der Waals surface area contributed by atoms with Crippen molar-refractivity contribution in [3.05, 3.63) is 65.9 Å². The molecule has 1 unspecified atom stereocenters. The van der Waals surface area contributed by atoms with E-state index < -0.39 is 29.9 Å². The van der Waals surface area contributed by atoms with E-state index in [-0.39, 0.29) is 25.2 Å². The lowest BCUT2D eigenvalue weighted by Crippen LogP contribution is -2.73. The first-order valence-electron chi connectivity index (χ1n) is 12.1. The smallest absolute Gasteiger partial charge is 0.409 e. The number of fused-ring (bicyclic) bond motifs is 1. The van der Waals surface area contributed by atoms with Crippen LogP contribution in [-0.2, 0) is 11.3 Å². The molecule has 0 spiro atoms. The summed E-state index contributed by atoms with van der Waals surface area (Å²) in [6.45, 7) is 2.55. The average Bonchev–Trinajstić information content (AvgIpc) is 3.59. The summed E-state index contributed by atoms with van der Waals surface area (Å²) in [5.74, 6) is -2.05. The van der Waals surface area contributed by atoms with Gasteiger partial charge in [0.05, 0.1) is 24.8 Å². The number of hydrogen-bond donors (Lipinski definition) is 6. The second kappa shape index (κ2) is 11.4. The van der Waals surface area contributed by atoms with Gasteiger partial charge in [0.2, 0.25) is 5.66 Å². The van der Waals surface area contributed by atoms with Crippen LogP contribution in [0.15, 0.2) is 54.7 Å². The number of aliphatic carboxylic acids is 1. The van der Waals surface area contributed by atoms with Crippen molar-refractivity contribution in [1.82, 2.24) is 35.9 Å². The lowest BCUT2D eigenvalue weighted by molar-refractivity contribution is -0.162. The van der Waals surface area contributed by atoms with Gasteiger partial charge in [-0.15, -0.1) is 0 Å². The Labute approximate surface area is 213 Å². The Hall–Kier alpha value is -4.00. The van der Waals surface area contributed by atoms with Crippen LogP contribution < -0.4 is 16.0 Å². The standard InChI is InChI=1S/C25H31N7O5/c1-2-12-31(21(33)18-8-9-20-19(13-18)14-29-30-20)25(22(34)35,16-28-23-26-10-11-27-23)32(24(36)37)15-17-6-4-3-5-7-17/h3-9,13-14,23,26-28H,2,10-12,15-16H2,1H3,(H,29,30)(H,34,35)(H,36,37). The zero-order chi connectivity index (χ0) is 26.4. The number of aromatic nitrogens is 2. The number of benzene rings is 2. The quantitative estimate of drug-likeness (QED) is 0.210. The SMILES string of the molecule is CCCN(C(=O)c1ccc2[nH]ncc2c1)C(CNC1NCCN1)(C(=O)O)N(Cc1ccccc1)C(=O)O. The Morgan fingerprint density at radius 2 is 1.81 bits per heavy atom. The summed E-state index contributed by atoms with van der Waals surface area (Å²) in [5.41, 5.74) is -0.711. The number of carbonyl (C=O) groups excluding carboxylic acids is 1. The molecule has 1 fully saturated rings. The zero-order valence-electron chi connectivity index (χ0n) is 20.5. The monoisotopic (exact) mass is 509 g/mol. The highest BCUT2D eigenvalue weighted by atomic mass is 16.4. The van der Waals surface area contributed by atoms with Gasteiger partial charge in [-0.25, -0.2) is 9.59 Å². The molecule has 6 N–H and O–H groups in total. The van der Waals surface area contributed by atoms with Crippen molar-refractivity contribution in [3.8, 4) is 0 Å². The Balaban J connectivity index is 1.82. The molecule has 12 nitrogen and oxygen atoms in total. The van der Waals surface area contributed by atoms with Gasteiger partial charge in [-0.1, -0.05) is 37.3 Å². The Bertz CT molecular complexity index is 1240. The first-order valence-corrected chi connectivity index (χ1v) is 12.1. The fraction of sp³-hybridized carbons (Fsp3) is 0.360. The lowest BCUT2D eigenvalue weighted by Gasteiger charge is -2.47. The fourth-order valence-electron chi connectivity index (χ4n) is 4.57. The number of carboxylic acids is 1. The molecule has 37 heavy (non-hydrogen) atoms. The predicted molar refractivity (Wildman–Crippen MR) is 136 cm³/mol. The molecule has 2 aromatic carbocycles. The van der Waals surface area contributed by atoms with Gasteiger partial charge in [-0.2, -0.15) is 5.10 Å². The minimum Gasteiger partial charge on any atom is -0.478 e. The van der Waals surface area contributed by atoms with Crippen molar-refractivity contribution < 1.29 is 24.6 Å². The molecular weight excluding hydrogens is 478 g/mol. The maximum absolute atomic E-state index is 14.0. The predicted octanol–water partition coefficient (Wildman–Crippen LogP) is 1.44. The molecule has 2 heterocycles. The normalized spacial score (nSPS) is 15.4. The molecule has 196 valence electrons. The van der Waals surface area contributed by atoms with E-state index in [1.54, 1.807) is 54.7 Å². The van der Waals surface area contributed by atoms with Gasteiger partial charge in [-0.05, 0) is 30.2 Å². The largest absolute Gasteiger partial charge is 0.478 e. The lowest BCUT2D eigenvalue weighted by atomic mass is 10.0. The van der Waals surface area contributed by atoms with Crippen LogP contribution in [0.5, 0.6) is 0 Å². The van der Waals surface area contributed by atoms with Gasteiger partial charge in [0.1, 0.15) is 6.29 Å². The molecule has 0 saturated carbocycles. The number of hydrogen-bond acceptors (Lipinski definition) is 7. The molecule has 0 bridgehead atoms. The van der Waals surface area contributed by atoms with Crippen molar-refractivity contribution in [1.29, 1.82) is 0 Å². The van der Waals surface area contributed by atoms with Gasteiger partial charge < -0.3 is 15.1 Å². The maximum Gasteiger partial charge on any atom is 0.409 e. The molecule has 3 aromatic rings. The van der Waals surface area contributed by atoms with Gasteiger partial charge >= 0.3 is 12.1 Å². The molecule has 4 rings (SSSR count). The molecule has 1 atom stereocenters. The number of aromatic amines is 1. The van der Waals surface area contributed by atoms with Gasteiger partial charge in [0.25, 0.3) is 5.91 Å². The van der Waals surface area contributed by atoms with Crippen LogP contribution in [0, 0.1) is 0 Å². The molecule has 1 aliphatic heterocycles. The minimum atomic E-state index is -2.26. The van der Waals surface area contributed by atoms with Crippen LogP contribution in [0.4, 0.5) is 4.79 Å². The molecular formula is C25H31N7O5. The van der Waals surface area contributed by atoms with Crippen LogP contribution in [0.25, 0.3) is 10.9 Å². The van der Waals surface area contributed by atoms with Crippen LogP contribution >= 0.6 is 0 Å². The van der Waals surface area contributed by atoms with E-state index in [0.29, 0.717) is 30.5 Å². The van der Waals surface area contributed by atoms with Gasteiger partial charge in [0.15, 0.2) is 0 Å². The third-order valence-electron chi connectivity index (χ3n) is 6.40. The number of nitrogens with zero attached hydrogens (tertiary/aromatic N) is 3. The highest BCUT2D eigenvalue weighted by molar-refractivity contribution is 6.01. The Morgan fingerprint density at radius 3 is 2.46 bits per heavy atom. The van der Waals surface area contributed by atoms with Crippen molar-refractivity contribution in [3.63, 3.8) is 0 Å². The number of rotatable bonds is 11. The van der Waals surface area contributed by atoms with Gasteiger partial charge in [0, 0.05) is 30.6 Å². The van der Waals surface area contributed by atoms with E-state index in [1.165, 1.54) is 0 Å². The van der Waals surface area contributed by atoms with Crippen LogP contribution in [0.2, 0.25) is 0 Å². The van der Waals surface area contributed by atoms with Crippen LogP contribution in [0.3, 0.4) is 0 Å². The Morgan fingerprint density at radius 1 is 1.08 bits per heavy atom. The first kappa shape index (κ1) is 26.1. The molecule has 1 aromatic heterocycles. The third-order valence-corrected chi connectivity index (χ3v) is 6.40. The highest BCUT2D eigenvalue weighted by Gasteiger charge is 2.54. The van der Waals surface area contributed by atoms with E-state index in [9.17, 15) is 24.6 Å². The summed E-state index contributed by atoms with van der Waals surface area (Å²) in [6, 6.07) is 13.6. The topological polar surface area (TPSA) is 163 Å². The van der Waals surface area contributed by atoms with E-state index >= 15 is 0 Å². The summed E-state index contributed by atoms with van der Waals surface area (Å²) >= 11 is 0. The molecule has 1 aliphatic rings. The second-order valence-electron chi connectivity index (χ2n) is 8.83. The van der Waals surface area contributed by atoms with Crippen molar-refractivity contribution in [2.45, 2.75) is 31.8 Å². The third kappa shape index (κ3) is 5.40. The molecule has 0 radical (unpaired) electrons. The number of carbonyl (C=O) groups is 3. The van der Waals surface area contributed by atoms with E-state index in [0.717, 1.165) is 15.3 Å². The first-order chi connectivity index (χ1) is 17.9. The van der Waals surface area contributed by atoms with E-state index in [2.05, 4.69) is 26.1 Å². The van der Waals surface area contributed by atoms with E-state index in [1.807, 2.05) is 6.92 Å². The van der Waals surface area contributed by atoms with Crippen molar-refractivity contribution >= 4 is 28.9 Å². The van der Waals surface area contributed by atoms with Gasteiger partial charge in [-0.3, -0.25) is 30.7 Å². The fourth-order valence-corrected chi connectivity index (χ4v) is 4.57. The van der Waals surface area contributed by atoms with Crippen LogP contribution in [0.1, 0.15) is 29.3 Å². The maximum atomic E-state index is 14.0. The number of H-pyrrole nitrogens is 1. The highest BCUT2D eigenvalue weighted by Crippen LogP contribution is 2.28. The number of amides is 2. The second-order valence-corrected chi connectivity index (χ2v) is 8.83. The van der Waals surface area contributed by atoms with Crippen LogP contribution in [-0.4, -0.2) is 86.3 Å². The summed E-state index contributed by atoms with van der Waals surface area (Å²) in [4.78, 5) is 41.9. The van der Waals surface area contributed by atoms with E-state index in [4.69, 9.17) is 0 Å². The molecule has 1 saturated heterocycles. The van der Waals surface area contributed by atoms with Crippen molar-refractivity contribution in [2.75, 3.05) is 26.2 Å². The summed E-state index contributed by atoms with van der Waals surface area (Å²) < 4.78 is 0. The molecule has 0 aliphatic carbocycles. The molecule has 2 amide bonds. The number of carboxylic acid groups (broad SMARTS) is 2. The minimum absolute atomic E-state index is 0.0142. The molecule has 12 heteroatoms. The summed E-state index contributed by atoms with van der Waals surface area (Å²) in [7, 11) is 0. The van der Waals surface area contributed by atoms with Crippen molar-refractivity contribution in [2.24, 2.45) is 0 Å². The average molecular weight is 510 g/mol. The zero-order valence-corrected chi connectivity index (χ0v) is 20.5. The summed E-state index contributed by atoms with van der Waals surface area (Å²) in [5, 5.41) is 37.9.